The van der Waals surface area contributed by atoms with E-state index in [0.29, 0.717) is 0 Å². The lowest BCUT2D eigenvalue weighted by Gasteiger charge is -2.17. The highest BCUT2D eigenvalue weighted by atomic mass is 16.3. The van der Waals surface area contributed by atoms with Gasteiger partial charge in [0.2, 0.25) is 0 Å². The van der Waals surface area contributed by atoms with Crippen LogP contribution in [-0.2, 0) is 5.41 Å². The molecule has 0 aliphatic heterocycles. The first kappa shape index (κ1) is 9.64. The molecule has 2 N–H and O–H groups in total. The first-order valence-electron chi connectivity index (χ1n) is 4.05. The molecule has 0 radical (unpaired) electrons. The minimum absolute atomic E-state index is 0.0600. The van der Waals surface area contributed by atoms with Gasteiger partial charge in [0.05, 0.1) is 0 Å². The number of rotatable bonds is 1. The number of aromatic nitrogens is 1. The maximum Gasteiger partial charge on any atom is 0.153 e. The molecule has 1 heterocycles. The summed E-state index contributed by atoms with van der Waals surface area (Å²) in [5.74, 6) is 0.197. The van der Waals surface area contributed by atoms with Crippen LogP contribution in [-0.4, -0.2) is 4.98 Å². The molecule has 0 saturated heterocycles. The van der Waals surface area contributed by atoms with E-state index in [1.165, 1.54) is 0 Å². The maximum absolute atomic E-state index is 10.2. The second-order valence-corrected chi connectivity index (χ2v) is 3.94. The molecule has 1 aromatic heterocycles. The van der Waals surface area contributed by atoms with Gasteiger partial charge in [0.25, 0.3) is 0 Å². The van der Waals surface area contributed by atoms with Crippen LogP contribution in [0.2, 0.25) is 0 Å². The second-order valence-electron chi connectivity index (χ2n) is 3.94. The average Bonchev–Trinajstić information content (AvgIpc) is 2.02. The van der Waals surface area contributed by atoms with Crippen molar-refractivity contribution in [2.24, 2.45) is 5.18 Å². The van der Waals surface area contributed by atoms with Gasteiger partial charge in [0, 0.05) is 11.1 Å². The van der Waals surface area contributed by atoms with E-state index in [2.05, 4.69) is 10.2 Å². The molecule has 0 unspecified atom stereocenters. The molecule has 0 spiro atoms. The van der Waals surface area contributed by atoms with E-state index in [-0.39, 0.29) is 16.9 Å². The number of nitrogens with two attached hydrogens (primary N) is 1. The van der Waals surface area contributed by atoms with E-state index in [9.17, 15) is 4.91 Å². The van der Waals surface area contributed by atoms with Crippen LogP contribution in [0.3, 0.4) is 0 Å². The summed E-state index contributed by atoms with van der Waals surface area (Å²) < 4.78 is 0. The fourth-order valence-electron chi connectivity index (χ4n) is 0.962. The number of anilines is 1. The van der Waals surface area contributed by atoms with Crippen molar-refractivity contribution in [3.8, 4) is 0 Å². The smallest absolute Gasteiger partial charge is 0.153 e. The van der Waals surface area contributed by atoms with Crippen LogP contribution in [0.4, 0.5) is 11.5 Å². The Bertz CT molecular complexity index is 328. The van der Waals surface area contributed by atoms with Crippen LogP contribution < -0.4 is 5.73 Å². The van der Waals surface area contributed by atoms with Crippen LogP contribution >= 0.6 is 0 Å². The van der Waals surface area contributed by atoms with Crippen molar-refractivity contribution in [2.75, 3.05) is 5.73 Å². The fourth-order valence-corrected chi connectivity index (χ4v) is 0.962. The lowest BCUT2D eigenvalue weighted by Crippen LogP contribution is -2.14. The average molecular weight is 179 g/mol. The van der Waals surface area contributed by atoms with Crippen LogP contribution in [0.5, 0.6) is 0 Å². The molecule has 4 nitrogen and oxygen atoms in total. The van der Waals surface area contributed by atoms with Crippen molar-refractivity contribution in [3.63, 3.8) is 0 Å². The molecule has 0 fully saturated rings. The molecule has 13 heavy (non-hydrogen) atoms. The van der Waals surface area contributed by atoms with E-state index in [1.807, 2.05) is 20.8 Å². The van der Waals surface area contributed by atoms with Gasteiger partial charge < -0.3 is 5.73 Å². The normalized spacial score (nSPS) is 11.3. The van der Waals surface area contributed by atoms with Gasteiger partial charge in [-0.1, -0.05) is 20.8 Å². The second kappa shape index (κ2) is 3.12. The summed E-state index contributed by atoms with van der Waals surface area (Å²) in [5.41, 5.74) is 6.52. The zero-order valence-corrected chi connectivity index (χ0v) is 8.03. The standard InChI is InChI=1S/C9H13N3O/c1-9(2,3)7-5-4-6(12-13)8(10)11-7/h4-5H,1-3H3,(H2,10,11). The highest BCUT2D eigenvalue weighted by molar-refractivity contribution is 5.57. The van der Waals surface area contributed by atoms with E-state index >= 15 is 0 Å². The van der Waals surface area contributed by atoms with Crippen molar-refractivity contribution in [1.29, 1.82) is 0 Å². The van der Waals surface area contributed by atoms with Gasteiger partial charge in [-0.15, -0.1) is 4.91 Å². The van der Waals surface area contributed by atoms with Crippen molar-refractivity contribution in [3.05, 3.63) is 22.7 Å². The molecule has 0 saturated carbocycles. The SMILES string of the molecule is CC(C)(C)c1ccc(N=O)c(N)n1. The molecule has 0 amide bonds. The molecular formula is C9H13N3O. The largest absolute Gasteiger partial charge is 0.382 e. The van der Waals surface area contributed by atoms with Gasteiger partial charge in [0.15, 0.2) is 5.82 Å². The van der Waals surface area contributed by atoms with Crippen molar-refractivity contribution < 1.29 is 0 Å². The topological polar surface area (TPSA) is 68.3 Å². The monoisotopic (exact) mass is 179 g/mol. The molecule has 1 rings (SSSR count). The Labute approximate surface area is 77.1 Å². The predicted octanol–water partition coefficient (Wildman–Crippen LogP) is 2.36. The van der Waals surface area contributed by atoms with E-state index in [4.69, 9.17) is 5.73 Å². The summed E-state index contributed by atoms with van der Waals surface area (Å²) in [7, 11) is 0. The van der Waals surface area contributed by atoms with Gasteiger partial charge in [-0.2, -0.15) is 0 Å². The lowest BCUT2D eigenvalue weighted by atomic mass is 9.91. The highest BCUT2D eigenvalue weighted by Gasteiger charge is 2.16. The van der Waals surface area contributed by atoms with Crippen LogP contribution in [0.15, 0.2) is 17.3 Å². The number of pyridine rings is 1. The minimum Gasteiger partial charge on any atom is -0.382 e. The van der Waals surface area contributed by atoms with Crippen LogP contribution in [0.25, 0.3) is 0 Å². The summed E-state index contributed by atoms with van der Waals surface area (Å²) >= 11 is 0. The van der Waals surface area contributed by atoms with E-state index in [1.54, 1.807) is 12.1 Å². The Kier molecular flexibility index (Phi) is 2.32. The summed E-state index contributed by atoms with van der Waals surface area (Å²) in [6.45, 7) is 6.09. The molecule has 70 valence electrons. The number of hydrogen-bond acceptors (Lipinski definition) is 4. The van der Waals surface area contributed by atoms with Gasteiger partial charge in [0.1, 0.15) is 5.69 Å². The summed E-state index contributed by atoms with van der Waals surface area (Å²) in [5, 5.41) is 2.76. The Morgan fingerprint density at radius 3 is 2.38 bits per heavy atom. The number of nitroso groups, excluding NO2 is 1. The van der Waals surface area contributed by atoms with Gasteiger partial charge in [-0.25, -0.2) is 4.98 Å². The molecule has 4 heteroatoms. The van der Waals surface area contributed by atoms with Gasteiger partial charge in [-0.05, 0) is 17.3 Å². The first-order valence-corrected chi connectivity index (χ1v) is 4.05. The minimum atomic E-state index is -0.0600. The number of hydrogen-bond donors (Lipinski definition) is 1. The Morgan fingerprint density at radius 2 is 2.00 bits per heavy atom. The zero-order valence-electron chi connectivity index (χ0n) is 8.03. The summed E-state index contributed by atoms with van der Waals surface area (Å²) in [4.78, 5) is 14.3. The third-order valence-corrected chi connectivity index (χ3v) is 1.77. The summed E-state index contributed by atoms with van der Waals surface area (Å²) in [6.07, 6.45) is 0. The zero-order chi connectivity index (χ0) is 10.1. The quantitative estimate of drug-likeness (QED) is 0.673. The Balaban J connectivity index is 3.17. The third kappa shape index (κ3) is 2.02. The van der Waals surface area contributed by atoms with Crippen molar-refractivity contribution >= 4 is 11.5 Å². The van der Waals surface area contributed by atoms with Crippen molar-refractivity contribution in [2.45, 2.75) is 26.2 Å². The van der Waals surface area contributed by atoms with Gasteiger partial charge >= 0.3 is 0 Å². The molecule has 1 aromatic rings. The predicted molar refractivity (Wildman–Crippen MR) is 52.8 cm³/mol. The molecule has 0 aromatic carbocycles. The summed E-state index contributed by atoms with van der Waals surface area (Å²) in [6, 6.07) is 3.36. The fraction of sp³-hybridized carbons (Fsp3) is 0.444. The lowest BCUT2D eigenvalue weighted by molar-refractivity contribution is 0.570. The van der Waals surface area contributed by atoms with Crippen LogP contribution in [0, 0.1) is 4.91 Å². The highest BCUT2D eigenvalue weighted by Crippen LogP contribution is 2.25. The van der Waals surface area contributed by atoms with Crippen LogP contribution in [0.1, 0.15) is 26.5 Å². The molecule has 0 aliphatic carbocycles. The Morgan fingerprint density at radius 1 is 1.38 bits per heavy atom. The van der Waals surface area contributed by atoms with Crippen molar-refractivity contribution in [1.82, 2.24) is 4.98 Å². The molecule has 0 bridgehead atoms. The van der Waals surface area contributed by atoms with Gasteiger partial charge in [-0.3, -0.25) is 0 Å². The first-order chi connectivity index (χ1) is 5.95. The van der Waals surface area contributed by atoms with E-state index in [0.717, 1.165) is 5.69 Å². The molecule has 0 atom stereocenters. The van der Waals surface area contributed by atoms with E-state index < -0.39 is 0 Å². The molecule has 0 aliphatic rings. The number of nitrogens with zero attached hydrogens (tertiary/aromatic N) is 2. The third-order valence-electron chi connectivity index (χ3n) is 1.77. The molecular weight excluding hydrogens is 166 g/mol. The number of nitrogen functional groups attached to an aromatic ring is 1. The Hall–Kier alpha value is -1.45. The maximum atomic E-state index is 10.2.